The minimum Gasteiger partial charge on any atom is -0.377 e. The zero-order valence-electron chi connectivity index (χ0n) is 13.8. The number of fused-ring (bicyclic) bond motifs is 3. The van der Waals surface area contributed by atoms with Crippen molar-refractivity contribution >= 4 is 11.6 Å². The number of hydrogen-bond acceptors (Lipinski definition) is 4. The molecule has 2 N–H and O–H groups in total. The molecule has 0 amide bonds. The van der Waals surface area contributed by atoms with Gasteiger partial charge in [-0.2, -0.15) is 0 Å². The Kier molecular flexibility index (Phi) is 3.58. The Labute approximate surface area is 146 Å². The van der Waals surface area contributed by atoms with Crippen LogP contribution in [0.2, 0.25) is 0 Å². The van der Waals surface area contributed by atoms with Crippen LogP contribution in [0.1, 0.15) is 6.92 Å². The first-order chi connectivity index (χ1) is 12.1. The number of hydrogen-bond donors (Lipinski definition) is 2. The minimum atomic E-state index is -0.347. The van der Waals surface area contributed by atoms with E-state index in [-0.39, 0.29) is 35.5 Å². The van der Waals surface area contributed by atoms with E-state index in [0.29, 0.717) is 16.8 Å². The molecule has 4 atom stereocenters. The van der Waals surface area contributed by atoms with Crippen LogP contribution in [0.25, 0.3) is 0 Å². The smallest absolute Gasteiger partial charge is 0.173 e. The lowest BCUT2D eigenvalue weighted by molar-refractivity contribution is -0.120. The van der Waals surface area contributed by atoms with Crippen molar-refractivity contribution < 1.29 is 9.59 Å². The van der Waals surface area contributed by atoms with Crippen molar-refractivity contribution in [2.24, 2.45) is 11.8 Å². The van der Waals surface area contributed by atoms with E-state index in [0.717, 1.165) is 5.70 Å². The molecular formula is C21H18N2O2. The summed E-state index contributed by atoms with van der Waals surface area (Å²) < 4.78 is 0. The summed E-state index contributed by atoms with van der Waals surface area (Å²) in [6.45, 7) is 1.82. The van der Waals surface area contributed by atoms with E-state index >= 15 is 0 Å². The predicted molar refractivity (Wildman–Crippen MR) is 96.0 cm³/mol. The first kappa shape index (κ1) is 15.5. The maximum atomic E-state index is 12.9. The van der Waals surface area contributed by atoms with Gasteiger partial charge in [0.2, 0.25) is 0 Å². The summed E-state index contributed by atoms with van der Waals surface area (Å²) in [6, 6.07) is -0.317. The molecule has 4 rings (SSSR count). The zero-order chi connectivity index (χ0) is 17.6. The summed E-state index contributed by atoms with van der Waals surface area (Å²) in [6.07, 6.45) is 20.2. The molecule has 25 heavy (non-hydrogen) atoms. The fourth-order valence-corrected chi connectivity index (χ4v) is 3.88. The molecule has 4 heteroatoms. The molecule has 0 aromatic heterocycles. The van der Waals surface area contributed by atoms with Crippen molar-refractivity contribution in [2.75, 3.05) is 0 Å². The molecule has 2 saturated heterocycles. The standard InChI is InChI=1S/C21H18N2O2/c1-3-7-16-12(4-2)20(24)14-10-19-15(11-18(14)22-16)21(25)13-8-5-6-9-17(13)23-19/h1,4-11,13-14,17-18,22-23H,2H3/b12-4+,16-7+. The summed E-state index contributed by atoms with van der Waals surface area (Å²) in [4.78, 5) is 25.8. The van der Waals surface area contributed by atoms with Crippen LogP contribution in [0, 0.1) is 24.2 Å². The maximum absolute atomic E-state index is 12.9. The average molecular weight is 330 g/mol. The second-order valence-corrected chi connectivity index (χ2v) is 6.48. The number of terminal acetylenes is 1. The highest BCUT2D eigenvalue weighted by Crippen LogP contribution is 2.36. The van der Waals surface area contributed by atoms with E-state index in [1.165, 1.54) is 0 Å². The van der Waals surface area contributed by atoms with E-state index in [9.17, 15) is 9.59 Å². The molecule has 2 heterocycles. The number of nitrogens with one attached hydrogen (secondary N) is 2. The van der Waals surface area contributed by atoms with Gasteiger partial charge in [0, 0.05) is 22.9 Å². The maximum Gasteiger partial charge on any atom is 0.173 e. The fraction of sp³-hybridized carbons (Fsp3) is 0.238. The van der Waals surface area contributed by atoms with Crippen molar-refractivity contribution in [1.29, 1.82) is 0 Å². The zero-order valence-corrected chi connectivity index (χ0v) is 13.8. The van der Waals surface area contributed by atoms with Gasteiger partial charge < -0.3 is 10.6 Å². The van der Waals surface area contributed by atoms with Crippen molar-refractivity contribution in [3.8, 4) is 12.3 Å². The molecule has 0 radical (unpaired) electrons. The van der Waals surface area contributed by atoms with Gasteiger partial charge in [0.05, 0.1) is 29.6 Å². The van der Waals surface area contributed by atoms with Gasteiger partial charge in [-0.05, 0) is 19.1 Å². The van der Waals surface area contributed by atoms with Crippen molar-refractivity contribution in [2.45, 2.75) is 19.0 Å². The lowest BCUT2D eigenvalue weighted by atomic mass is 9.74. The van der Waals surface area contributed by atoms with Crippen LogP contribution in [0.4, 0.5) is 0 Å². The number of Topliss-reactive ketones (excluding diaryl/α,β-unsaturated/α-hetero) is 2. The minimum absolute atomic E-state index is 0.0194. The highest BCUT2D eigenvalue weighted by molar-refractivity contribution is 6.08. The Morgan fingerprint density at radius 1 is 1.04 bits per heavy atom. The van der Waals surface area contributed by atoms with Gasteiger partial charge in [-0.1, -0.05) is 36.3 Å². The highest BCUT2D eigenvalue weighted by atomic mass is 16.1. The number of ketones is 2. The monoisotopic (exact) mass is 330 g/mol. The lowest BCUT2D eigenvalue weighted by Crippen LogP contribution is -2.51. The molecule has 0 aromatic carbocycles. The summed E-state index contributed by atoms with van der Waals surface area (Å²) in [5.41, 5.74) is 2.63. The second kappa shape index (κ2) is 5.78. The molecule has 0 spiro atoms. The Bertz CT molecular complexity index is 889. The third kappa shape index (κ3) is 2.32. The Morgan fingerprint density at radius 2 is 1.84 bits per heavy atom. The van der Waals surface area contributed by atoms with E-state index in [4.69, 9.17) is 6.42 Å². The molecule has 4 aliphatic rings. The fourth-order valence-electron chi connectivity index (χ4n) is 3.88. The Balaban J connectivity index is 1.74. The summed E-state index contributed by atoms with van der Waals surface area (Å²) in [5.74, 6) is 2.03. The van der Waals surface area contributed by atoms with Crippen LogP contribution in [-0.4, -0.2) is 23.7 Å². The molecule has 0 saturated carbocycles. The molecule has 4 nitrogen and oxygen atoms in total. The van der Waals surface area contributed by atoms with Crippen LogP contribution < -0.4 is 10.6 Å². The van der Waals surface area contributed by atoms with Gasteiger partial charge in [0.15, 0.2) is 11.6 Å². The highest BCUT2D eigenvalue weighted by Gasteiger charge is 2.42. The molecule has 2 fully saturated rings. The molecule has 0 bridgehead atoms. The molecule has 2 aliphatic heterocycles. The quantitative estimate of drug-likeness (QED) is 0.524. The van der Waals surface area contributed by atoms with Crippen molar-refractivity contribution in [3.05, 3.63) is 71.1 Å². The normalized spacial score (nSPS) is 35.7. The molecule has 124 valence electrons. The lowest BCUT2D eigenvalue weighted by Gasteiger charge is -2.40. The van der Waals surface area contributed by atoms with E-state index < -0.39 is 0 Å². The Hall–Kier alpha value is -3.06. The first-order valence-corrected chi connectivity index (χ1v) is 8.37. The number of piperidine rings is 2. The molecule has 0 aromatic rings. The number of allylic oxidation sites excluding steroid dienone is 6. The summed E-state index contributed by atoms with van der Waals surface area (Å²) in [5, 5.41) is 6.71. The van der Waals surface area contributed by atoms with E-state index in [1.54, 1.807) is 12.2 Å². The van der Waals surface area contributed by atoms with E-state index in [1.807, 2.05) is 43.4 Å². The van der Waals surface area contributed by atoms with Gasteiger partial charge in [-0.15, -0.1) is 6.42 Å². The van der Waals surface area contributed by atoms with E-state index in [2.05, 4.69) is 16.6 Å². The number of rotatable bonds is 0. The molecule has 4 unspecified atom stereocenters. The van der Waals surface area contributed by atoms with Crippen LogP contribution in [0.3, 0.4) is 0 Å². The predicted octanol–water partition coefficient (Wildman–Crippen LogP) is 1.71. The first-order valence-electron chi connectivity index (χ1n) is 8.37. The van der Waals surface area contributed by atoms with Gasteiger partial charge in [-0.3, -0.25) is 9.59 Å². The van der Waals surface area contributed by atoms with Gasteiger partial charge >= 0.3 is 0 Å². The Morgan fingerprint density at radius 3 is 2.60 bits per heavy atom. The van der Waals surface area contributed by atoms with Crippen LogP contribution >= 0.6 is 0 Å². The second-order valence-electron chi connectivity index (χ2n) is 6.48. The number of carbonyl (C=O) groups excluding carboxylic acids is 2. The average Bonchev–Trinajstić information content (AvgIpc) is 2.62. The van der Waals surface area contributed by atoms with Crippen LogP contribution in [0.15, 0.2) is 71.1 Å². The third-order valence-electron chi connectivity index (χ3n) is 5.09. The van der Waals surface area contributed by atoms with Gasteiger partial charge in [0.25, 0.3) is 0 Å². The number of carbonyl (C=O) groups is 2. The largest absolute Gasteiger partial charge is 0.377 e. The van der Waals surface area contributed by atoms with Crippen LogP contribution in [0.5, 0.6) is 0 Å². The SMILES string of the molecule is C#C/C=C1/NC2C=C3C(=O)C4C=CC=CC4NC3=CC2C(=O)/C1=C/C. The van der Waals surface area contributed by atoms with Gasteiger partial charge in [-0.25, -0.2) is 0 Å². The molecule has 2 aliphatic carbocycles. The third-order valence-corrected chi connectivity index (χ3v) is 5.09. The van der Waals surface area contributed by atoms with Crippen LogP contribution in [-0.2, 0) is 9.59 Å². The topological polar surface area (TPSA) is 58.2 Å². The van der Waals surface area contributed by atoms with Crippen molar-refractivity contribution in [1.82, 2.24) is 10.6 Å². The van der Waals surface area contributed by atoms with Crippen molar-refractivity contribution in [3.63, 3.8) is 0 Å². The van der Waals surface area contributed by atoms with Gasteiger partial charge in [0.1, 0.15) is 0 Å². The summed E-state index contributed by atoms with van der Waals surface area (Å²) in [7, 11) is 0. The summed E-state index contributed by atoms with van der Waals surface area (Å²) >= 11 is 0. The molecular weight excluding hydrogens is 312 g/mol.